The molecule has 4 aliphatic rings. The fourth-order valence-electron chi connectivity index (χ4n) is 5.48. The molecular weight excluding hydrogens is 508 g/mol. The molecule has 4 saturated heterocycles. The van der Waals surface area contributed by atoms with Gasteiger partial charge in [0.05, 0.1) is 13.2 Å². The lowest BCUT2D eigenvalue weighted by atomic mass is 10.1. The van der Waals surface area contributed by atoms with Crippen LogP contribution in [0.3, 0.4) is 0 Å². The molecule has 4 rings (SSSR count). The molecule has 10 heteroatoms. The van der Waals surface area contributed by atoms with Gasteiger partial charge in [0.1, 0.15) is 42.7 Å². The highest BCUT2D eigenvalue weighted by molar-refractivity contribution is 5.00. The van der Waals surface area contributed by atoms with Crippen molar-refractivity contribution in [2.75, 3.05) is 33.0 Å². The van der Waals surface area contributed by atoms with E-state index >= 15 is 0 Å². The molecule has 0 radical (unpaired) electrons. The van der Waals surface area contributed by atoms with Crippen LogP contribution < -0.4 is 0 Å². The summed E-state index contributed by atoms with van der Waals surface area (Å²) in [6.45, 7) is 16.7. The monoisotopic (exact) mass is 560 g/mol. The molecule has 228 valence electrons. The van der Waals surface area contributed by atoms with Gasteiger partial charge < -0.3 is 47.4 Å². The quantitative estimate of drug-likeness (QED) is 0.254. The number of hydrogen-bond donors (Lipinski definition) is 0. The number of unbranched alkanes of at least 4 members (excludes halogenated alkanes) is 3. The molecule has 0 aromatic rings. The van der Waals surface area contributed by atoms with E-state index in [9.17, 15) is 0 Å². The van der Waals surface area contributed by atoms with Crippen LogP contribution in [0.25, 0.3) is 0 Å². The van der Waals surface area contributed by atoms with E-state index in [1.165, 1.54) is 0 Å². The smallest absolute Gasteiger partial charge is 0.190 e. The zero-order valence-electron chi connectivity index (χ0n) is 25.1. The summed E-state index contributed by atoms with van der Waals surface area (Å²) in [4.78, 5) is 0. The van der Waals surface area contributed by atoms with Crippen molar-refractivity contribution in [2.24, 2.45) is 0 Å². The van der Waals surface area contributed by atoms with Crippen molar-refractivity contribution in [1.82, 2.24) is 0 Å². The Bertz CT molecular complexity index is 733. The Labute approximate surface area is 234 Å². The second-order valence-electron chi connectivity index (χ2n) is 11.9. The molecule has 2 unspecified atom stereocenters. The van der Waals surface area contributed by atoms with E-state index < -0.39 is 48.6 Å². The third-order valence-corrected chi connectivity index (χ3v) is 7.52. The summed E-state index contributed by atoms with van der Waals surface area (Å²) in [5, 5.41) is 0. The molecule has 9 atom stereocenters. The van der Waals surface area contributed by atoms with Crippen LogP contribution in [-0.4, -0.2) is 99.9 Å². The maximum Gasteiger partial charge on any atom is 0.190 e. The minimum absolute atomic E-state index is 0.307. The van der Waals surface area contributed by atoms with Crippen molar-refractivity contribution in [2.45, 2.75) is 154 Å². The van der Waals surface area contributed by atoms with Gasteiger partial charge in [-0.15, -0.1) is 0 Å². The molecular formula is C29H52O10. The lowest BCUT2D eigenvalue weighted by molar-refractivity contribution is -0.263. The van der Waals surface area contributed by atoms with E-state index in [2.05, 4.69) is 20.8 Å². The normalized spacial score (nSPS) is 39.0. The molecule has 39 heavy (non-hydrogen) atoms. The first-order valence-corrected chi connectivity index (χ1v) is 15.1. The summed E-state index contributed by atoms with van der Waals surface area (Å²) in [7, 11) is 0. The lowest BCUT2D eigenvalue weighted by Crippen LogP contribution is -2.48. The number of rotatable bonds is 16. The van der Waals surface area contributed by atoms with Crippen LogP contribution in [0.1, 0.15) is 87.0 Å². The summed E-state index contributed by atoms with van der Waals surface area (Å²) < 4.78 is 62.8. The standard InChI is InChI=1S/C29H52O10/c1-8-11-14-30-17-19-21(31-15-12-9-2)24(32-16-13-10-3)26(34-19)36-23-22(20-18-33-28(4,5)37-20)35-27-25(23)38-29(6,7)39-27/h19-27H,8-18H2,1-7H3/t19?,20-,21-,22-,23+,24?,25-,26+,27-/m1/s1. The average molecular weight is 561 g/mol. The van der Waals surface area contributed by atoms with Crippen molar-refractivity contribution < 1.29 is 47.4 Å². The second kappa shape index (κ2) is 14.2. The molecule has 4 heterocycles. The first kappa shape index (κ1) is 31.5. The van der Waals surface area contributed by atoms with Crippen molar-refractivity contribution in [3.05, 3.63) is 0 Å². The summed E-state index contributed by atoms with van der Waals surface area (Å²) in [5.41, 5.74) is 0. The topological polar surface area (TPSA) is 92.3 Å². The van der Waals surface area contributed by atoms with E-state index in [-0.39, 0.29) is 18.3 Å². The molecule has 0 N–H and O–H groups in total. The average Bonchev–Trinajstić information content (AvgIpc) is 3.58. The third kappa shape index (κ3) is 8.12. The Morgan fingerprint density at radius 3 is 2.00 bits per heavy atom. The third-order valence-electron chi connectivity index (χ3n) is 7.52. The van der Waals surface area contributed by atoms with Crippen LogP contribution in [0.4, 0.5) is 0 Å². The molecule has 0 aromatic carbocycles. The van der Waals surface area contributed by atoms with Crippen molar-refractivity contribution in [3.8, 4) is 0 Å². The first-order chi connectivity index (χ1) is 18.7. The van der Waals surface area contributed by atoms with Crippen molar-refractivity contribution in [1.29, 1.82) is 0 Å². The van der Waals surface area contributed by atoms with Crippen LogP contribution >= 0.6 is 0 Å². The molecule has 10 nitrogen and oxygen atoms in total. The maximum atomic E-state index is 6.76. The highest BCUT2D eigenvalue weighted by Gasteiger charge is 2.61. The van der Waals surface area contributed by atoms with E-state index in [0.29, 0.717) is 33.0 Å². The fourth-order valence-corrected chi connectivity index (χ4v) is 5.48. The maximum absolute atomic E-state index is 6.76. The first-order valence-electron chi connectivity index (χ1n) is 15.1. The van der Waals surface area contributed by atoms with Crippen LogP contribution in [0.2, 0.25) is 0 Å². The summed E-state index contributed by atoms with van der Waals surface area (Å²) in [6, 6.07) is 0. The molecule has 0 spiro atoms. The Hall–Kier alpha value is -0.400. The van der Waals surface area contributed by atoms with Gasteiger partial charge in [-0.25, -0.2) is 0 Å². The van der Waals surface area contributed by atoms with Crippen molar-refractivity contribution in [3.63, 3.8) is 0 Å². The molecule has 0 bridgehead atoms. The van der Waals surface area contributed by atoms with Gasteiger partial charge in [0.15, 0.2) is 24.2 Å². The highest BCUT2D eigenvalue weighted by atomic mass is 16.9. The Morgan fingerprint density at radius 2 is 1.36 bits per heavy atom. The van der Waals surface area contributed by atoms with E-state index in [1.807, 2.05) is 27.7 Å². The van der Waals surface area contributed by atoms with Gasteiger partial charge in [0.2, 0.25) is 0 Å². The molecule has 0 aromatic heterocycles. The van der Waals surface area contributed by atoms with Crippen LogP contribution in [0.15, 0.2) is 0 Å². The molecule has 4 fully saturated rings. The van der Waals surface area contributed by atoms with Gasteiger partial charge in [-0.3, -0.25) is 0 Å². The number of ether oxygens (including phenoxy) is 10. The van der Waals surface area contributed by atoms with Gasteiger partial charge in [-0.1, -0.05) is 40.0 Å². The van der Waals surface area contributed by atoms with E-state index in [1.54, 1.807) is 0 Å². The number of hydrogen-bond acceptors (Lipinski definition) is 10. The molecule has 4 aliphatic heterocycles. The SMILES string of the molecule is CCCCOCC1O[C@@H](O[C@@H]2[C@H]3OC(C)(C)O[C@H]3O[C@@H]2[C@H]2COC(C)(C)O2)C(OCCCC)[C@@H]1OCCCC. The van der Waals surface area contributed by atoms with Crippen LogP contribution in [0, 0.1) is 0 Å². The van der Waals surface area contributed by atoms with E-state index in [0.717, 1.165) is 38.5 Å². The summed E-state index contributed by atoms with van der Waals surface area (Å²) in [6.07, 6.45) is 1.99. The zero-order chi connectivity index (χ0) is 28.0. The second-order valence-corrected chi connectivity index (χ2v) is 11.9. The zero-order valence-corrected chi connectivity index (χ0v) is 25.1. The Kier molecular flexibility index (Phi) is 11.5. The van der Waals surface area contributed by atoms with Gasteiger partial charge in [0.25, 0.3) is 0 Å². The fraction of sp³-hybridized carbons (Fsp3) is 1.00. The summed E-state index contributed by atoms with van der Waals surface area (Å²) >= 11 is 0. The minimum Gasteiger partial charge on any atom is -0.379 e. The highest BCUT2D eigenvalue weighted by Crippen LogP contribution is 2.43. The minimum atomic E-state index is -0.788. The Morgan fingerprint density at radius 1 is 0.692 bits per heavy atom. The van der Waals surface area contributed by atoms with Gasteiger partial charge in [-0.05, 0) is 47.0 Å². The summed E-state index contributed by atoms with van der Waals surface area (Å²) in [5.74, 6) is -1.49. The van der Waals surface area contributed by atoms with Crippen molar-refractivity contribution >= 4 is 0 Å². The lowest BCUT2D eigenvalue weighted by Gasteiger charge is -2.32. The Balaban J connectivity index is 1.53. The number of fused-ring (bicyclic) bond motifs is 1. The molecule has 0 amide bonds. The van der Waals surface area contributed by atoms with Gasteiger partial charge >= 0.3 is 0 Å². The predicted octanol–water partition coefficient (Wildman–Crippen LogP) is 4.31. The van der Waals surface area contributed by atoms with Crippen LogP contribution in [-0.2, 0) is 47.4 Å². The van der Waals surface area contributed by atoms with Gasteiger partial charge in [-0.2, -0.15) is 0 Å². The van der Waals surface area contributed by atoms with Crippen LogP contribution in [0.5, 0.6) is 0 Å². The van der Waals surface area contributed by atoms with E-state index in [4.69, 9.17) is 47.4 Å². The van der Waals surface area contributed by atoms with Gasteiger partial charge in [0, 0.05) is 19.8 Å². The largest absolute Gasteiger partial charge is 0.379 e. The predicted molar refractivity (Wildman–Crippen MR) is 142 cm³/mol. The molecule has 0 aliphatic carbocycles. The molecule has 0 saturated carbocycles.